The molecule has 1 rings (SSSR count). The average Bonchev–Trinajstić information content (AvgIpc) is 2.46. The van der Waals surface area contributed by atoms with E-state index in [2.05, 4.69) is 6.92 Å². The zero-order valence-corrected chi connectivity index (χ0v) is 11.8. The predicted octanol–water partition coefficient (Wildman–Crippen LogP) is 3.46. The monoisotopic (exact) mass is 278 g/mol. The van der Waals surface area contributed by atoms with Crippen molar-refractivity contribution in [3.63, 3.8) is 0 Å². The summed E-state index contributed by atoms with van der Waals surface area (Å²) in [5.74, 6) is -2.82. The topological polar surface area (TPSA) is 63.6 Å². The summed E-state index contributed by atoms with van der Waals surface area (Å²) in [6.45, 7) is 2.13. The van der Waals surface area contributed by atoms with Crippen LogP contribution in [0.15, 0.2) is 36.6 Å². The maximum absolute atomic E-state index is 11.8. The zero-order valence-electron chi connectivity index (χ0n) is 11.8. The van der Waals surface area contributed by atoms with Crippen molar-refractivity contribution in [2.45, 2.75) is 39.0 Å². The van der Waals surface area contributed by atoms with Gasteiger partial charge in [-0.1, -0.05) is 44.1 Å². The first-order valence-electron chi connectivity index (χ1n) is 7.08. The summed E-state index contributed by atoms with van der Waals surface area (Å²) in [4.78, 5) is 22.9. The van der Waals surface area contributed by atoms with Crippen LogP contribution in [0, 0.1) is 11.8 Å². The highest BCUT2D eigenvalue weighted by Gasteiger charge is 2.34. The van der Waals surface area contributed by atoms with E-state index in [1.807, 2.05) is 18.2 Å². The van der Waals surface area contributed by atoms with Crippen molar-refractivity contribution >= 4 is 11.9 Å². The summed E-state index contributed by atoms with van der Waals surface area (Å²) in [6.07, 6.45) is 14.7. The van der Waals surface area contributed by atoms with Gasteiger partial charge in [0.25, 0.3) is 0 Å². The van der Waals surface area contributed by atoms with E-state index in [-0.39, 0.29) is 0 Å². The molecule has 0 aromatic heterocycles. The summed E-state index contributed by atoms with van der Waals surface area (Å²) < 4.78 is 4.98. The van der Waals surface area contributed by atoms with Gasteiger partial charge in [0.15, 0.2) is 0 Å². The number of ether oxygens (including phenoxy) is 1. The molecular weight excluding hydrogens is 256 g/mol. The van der Waals surface area contributed by atoms with E-state index in [1.165, 1.54) is 6.26 Å². The Hall–Kier alpha value is -1.84. The van der Waals surface area contributed by atoms with E-state index in [1.54, 1.807) is 12.2 Å². The SMILES string of the molecule is CCCCC=CC=COC(=O)C1C=CCCC1C(=O)O. The largest absolute Gasteiger partial charge is 0.481 e. The lowest BCUT2D eigenvalue weighted by atomic mass is 9.84. The standard InChI is InChI=1S/C16H22O4/c1-2-3-4-5-6-9-12-20-16(19)14-11-8-7-10-13(14)15(17)18/h5-6,8-9,11-14H,2-4,7,10H2,1H3,(H,17,18). The van der Waals surface area contributed by atoms with Gasteiger partial charge in [0, 0.05) is 0 Å². The van der Waals surface area contributed by atoms with Crippen molar-refractivity contribution in [2.24, 2.45) is 11.8 Å². The zero-order chi connectivity index (χ0) is 14.8. The summed E-state index contributed by atoms with van der Waals surface area (Å²) in [6, 6.07) is 0. The lowest BCUT2D eigenvalue weighted by Gasteiger charge is -2.21. The third-order valence-electron chi connectivity index (χ3n) is 3.24. The minimum Gasteiger partial charge on any atom is -0.481 e. The smallest absolute Gasteiger partial charge is 0.318 e. The molecular formula is C16H22O4. The molecule has 0 saturated heterocycles. The Morgan fingerprint density at radius 1 is 1.40 bits per heavy atom. The highest BCUT2D eigenvalue weighted by Crippen LogP contribution is 2.26. The number of esters is 1. The van der Waals surface area contributed by atoms with E-state index in [4.69, 9.17) is 9.84 Å². The second-order valence-electron chi connectivity index (χ2n) is 4.81. The van der Waals surface area contributed by atoms with E-state index >= 15 is 0 Å². The first-order chi connectivity index (χ1) is 9.66. The number of allylic oxidation sites excluding steroid dienone is 4. The van der Waals surface area contributed by atoms with E-state index in [0.29, 0.717) is 12.8 Å². The van der Waals surface area contributed by atoms with Gasteiger partial charge in [-0.25, -0.2) is 0 Å². The molecule has 1 aliphatic carbocycles. The molecule has 20 heavy (non-hydrogen) atoms. The van der Waals surface area contributed by atoms with Crippen molar-refractivity contribution in [3.05, 3.63) is 36.6 Å². The van der Waals surface area contributed by atoms with E-state index in [9.17, 15) is 9.59 Å². The molecule has 0 heterocycles. The third kappa shape index (κ3) is 5.43. The molecule has 2 atom stereocenters. The minimum atomic E-state index is -0.945. The quantitative estimate of drug-likeness (QED) is 0.255. The molecule has 1 N–H and O–H groups in total. The van der Waals surface area contributed by atoms with Crippen molar-refractivity contribution in [1.82, 2.24) is 0 Å². The van der Waals surface area contributed by atoms with Crippen molar-refractivity contribution in [3.8, 4) is 0 Å². The molecule has 0 aromatic carbocycles. The highest BCUT2D eigenvalue weighted by atomic mass is 16.5. The van der Waals surface area contributed by atoms with Gasteiger partial charge in [0.2, 0.25) is 0 Å². The van der Waals surface area contributed by atoms with Crippen LogP contribution < -0.4 is 0 Å². The van der Waals surface area contributed by atoms with Crippen LogP contribution in [0.25, 0.3) is 0 Å². The summed E-state index contributed by atoms with van der Waals surface area (Å²) in [7, 11) is 0. The number of hydrogen-bond acceptors (Lipinski definition) is 3. The van der Waals surface area contributed by atoms with Crippen LogP contribution >= 0.6 is 0 Å². The number of carbonyl (C=O) groups is 2. The molecule has 0 fully saturated rings. The van der Waals surface area contributed by atoms with Gasteiger partial charge < -0.3 is 9.84 Å². The molecule has 0 radical (unpaired) electrons. The Morgan fingerprint density at radius 3 is 2.90 bits per heavy atom. The molecule has 0 aromatic rings. The van der Waals surface area contributed by atoms with Gasteiger partial charge in [-0.05, 0) is 25.3 Å². The van der Waals surface area contributed by atoms with Gasteiger partial charge in [-0.2, -0.15) is 0 Å². The van der Waals surface area contributed by atoms with Gasteiger partial charge in [0.05, 0.1) is 18.1 Å². The van der Waals surface area contributed by atoms with Crippen LogP contribution in [0.5, 0.6) is 0 Å². The molecule has 2 unspecified atom stereocenters. The fourth-order valence-corrected chi connectivity index (χ4v) is 2.08. The van der Waals surface area contributed by atoms with Gasteiger partial charge in [-0.15, -0.1) is 0 Å². The fourth-order valence-electron chi connectivity index (χ4n) is 2.08. The first-order valence-corrected chi connectivity index (χ1v) is 7.08. The van der Waals surface area contributed by atoms with Crippen LogP contribution in [0.1, 0.15) is 39.0 Å². The van der Waals surface area contributed by atoms with Crippen molar-refractivity contribution < 1.29 is 19.4 Å². The van der Waals surface area contributed by atoms with E-state index < -0.39 is 23.8 Å². The van der Waals surface area contributed by atoms with Crippen LogP contribution in [0.2, 0.25) is 0 Å². The molecule has 110 valence electrons. The Bertz CT molecular complexity index is 407. The Morgan fingerprint density at radius 2 is 2.20 bits per heavy atom. The number of carboxylic acids is 1. The Kier molecular flexibility index (Phi) is 7.40. The van der Waals surface area contributed by atoms with Gasteiger partial charge in [0.1, 0.15) is 0 Å². The molecule has 0 spiro atoms. The molecule has 0 bridgehead atoms. The van der Waals surface area contributed by atoms with Gasteiger partial charge >= 0.3 is 11.9 Å². The maximum atomic E-state index is 11.8. The average molecular weight is 278 g/mol. The molecule has 0 aliphatic heterocycles. The van der Waals surface area contributed by atoms with Crippen LogP contribution in [0.4, 0.5) is 0 Å². The maximum Gasteiger partial charge on any atom is 0.318 e. The van der Waals surface area contributed by atoms with Crippen molar-refractivity contribution in [1.29, 1.82) is 0 Å². The highest BCUT2D eigenvalue weighted by molar-refractivity contribution is 5.83. The summed E-state index contributed by atoms with van der Waals surface area (Å²) >= 11 is 0. The number of carbonyl (C=O) groups excluding carboxylic acids is 1. The summed E-state index contributed by atoms with van der Waals surface area (Å²) in [5.41, 5.74) is 0. The third-order valence-corrected chi connectivity index (χ3v) is 3.24. The normalized spacial score (nSPS) is 22.4. The number of unbranched alkanes of at least 4 members (excludes halogenated alkanes) is 2. The lowest BCUT2D eigenvalue weighted by Crippen LogP contribution is -2.30. The molecule has 0 amide bonds. The lowest BCUT2D eigenvalue weighted by molar-refractivity contribution is -0.152. The summed E-state index contributed by atoms with van der Waals surface area (Å²) in [5, 5.41) is 9.08. The van der Waals surface area contributed by atoms with Crippen LogP contribution in [-0.4, -0.2) is 17.0 Å². The van der Waals surface area contributed by atoms with Crippen LogP contribution in [-0.2, 0) is 14.3 Å². The van der Waals surface area contributed by atoms with Gasteiger partial charge in [-0.3, -0.25) is 9.59 Å². The number of rotatable bonds is 7. The Balaban J connectivity index is 2.43. The van der Waals surface area contributed by atoms with Crippen molar-refractivity contribution in [2.75, 3.05) is 0 Å². The fraction of sp³-hybridized carbons (Fsp3) is 0.500. The number of hydrogen-bond donors (Lipinski definition) is 1. The predicted molar refractivity (Wildman–Crippen MR) is 76.9 cm³/mol. The first kappa shape index (κ1) is 16.2. The molecule has 0 saturated carbocycles. The number of aliphatic carboxylic acids is 1. The minimum absolute atomic E-state index is 0.478. The van der Waals surface area contributed by atoms with E-state index in [0.717, 1.165) is 19.3 Å². The number of carboxylic acid groups (broad SMARTS) is 1. The van der Waals surface area contributed by atoms with Crippen LogP contribution in [0.3, 0.4) is 0 Å². The second kappa shape index (κ2) is 9.13. The second-order valence-corrected chi connectivity index (χ2v) is 4.81. The molecule has 1 aliphatic rings. The molecule has 4 nitrogen and oxygen atoms in total. The Labute approximate surface area is 119 Å². The molecule has 4 heteroatoms.